The molecule has 0 spiro atoms. The third-order valence-corrected chi connectivity index (χ3v) is 2.08. The Morgan fingerprint density at radius 2 is 2.21 bits per heavy atom. The molecule has 2 atom stereocenters. The van der Waals surface area contributed by atoms with Gasteiger partial charge in [-0.25, -0.2) is 4.79 Å². The van der Waals surface area contributed by atoms with E-state index in [1.54, 1.807) is 6.92 Å². The molecule has 0 aromatic heterocycles. The van der Waals surface area contributed by atoms with E-state index >= 15 is 0 Å². The first-order chi connectivity index (χ1) is 6.50. The monoisotopic (exact) mass is 198 g/mol. The molecule has 3 nitrogen and oxygen atoms in total. The van der Waals surface area contributed by atoms with Crippen molar-refractivity contribution >= 4 is 5.97 Å². The van der Waals surface area contributed by atoms with Gasteiger partial charge in [0.15, 0.2) is 0 Å². The van der Waals surface area contributed by atoms with Gasteiger partial charge in [0.2, 0.25) is 0 Å². The van der Waals surface area contributed by atoms with Crippen molar-refractivity contribution in [1.82, 2.24) is 0 Å². The van der Waals surface area contributed by atoms with E-state index in [1.807, 2.05) is 0 Å². The van der Waals surface area contributed by atoms with E-state index in [4.69, 9.17) is 9.47 Å². The van der Waals surface area contributed by atoms with Gasteiger partial charge in [-0.3, -0.25) is 0 Å². The summed E-state index contributed by atoms with van der Waals surface area (Å²) >= 11 is 0. The minimum Gasteiger partial charge on any atom is -0.456 e. The molecule has 0 aromatic rings. The van der Waals surface area contributed by atoms with E-state index < -0.39 is 0 Å². The number of hydrogen-bond donors (Lipinski definition) is 0. The molecule has 1 rings (SSSR count). The summed E-state index contributed by atoms with van der Waals surface area (Å²) in [5, 5.41) is 0. The van der Waals surface area contributed by atoms with Crippen LogP contribution >= 0.6 is 0 Å². The smallest absolute Gasteiger partial charge is 0.333 e. The van der Waals surface area contributed by atoms with Gasteiger partial charge in [0, 0.05) is 5.57 Å². The lowest BCUT2D eigenvalue weighted by molar-refractivity contribution is -0.146. The van der Waals surface area contributed by atoms with Gasteiger partial charge in [0.1, 0.15) is 12.2 Å². The number of carbonyl (C=O) groups excluding carboxylic acids is 1. The van der Waals surface area contributed by atoms with Crippen LogP contribution in [0.5, 0.6) is 0 Å². The van der Waals surface area contributed by atoms with Crippen LogP contribution in [-0.2, 0) is 14.3 Å². The fourth-order valence-electron chi connectivity index (χ4n) is 1.25. The number of esters is 1. The maximum atomic E-state index is 11.3. The quantitative estimate of drug-likeness (QED) is 0.385. The van der Waals surface area contributed by atoms with Crippen molar-refractivity contribution in [2.45, 2.75) is 39.4 Å². The molecule has 1 heterocycles. The van der Waals surface area contributed by atoms with Crippen molar-refractivity contribution in [3.8, 4) is 0 Å². The zero-order valence-corrected chi connectivity index (χ0v) is 9.08. The van der Waals surface area contributed by atoms with Gasteiger partial charge in [-0.2, -0.15) is 0 Å². The Morgan fingerprint density at radius 1 is 1.64 bits per heavy atom. The van der Waals surface area contributed by atoms with E-state index in [9.17, 15) is 4.79 Å². The normalized spacial score (nSPS) is 21.9. The second-order valence-electron chi connectivity index (χ2n) is 4.23. The van der Waals surface area contributed by atoms with Crippen molar-refractivity contribution in [2.24, 2.45) is 5.92 Å². The average Bonchev–Trinajstić information content (AvgIpc) is 2.83. The largest absolute Gasteiger partial charge is 0.456 e. The molecule has 1 aliphatic rings. The summed E-state index contributed by atoms with van der Waals surface area (Å²) in [4.78, 5) is 11.3. The molecule has 1 aliphatic heterocycles. The first kappa shape index (κ1) is 11.2. The van der Waals surface area contributed by atoms with Crippen LogP contribution in [0.1, 0.15) is 27.2 Å². The van der Waals surface area contributed by atoms with E-state index in [0.29, 0.717) is 18.1 Å². The molecule has 0 saturated carbocycles. The Bertz CT molecular complexity index is 229. The zero-order chi connectivity index (χ0) is 10.7. The first-order valence-electron chi connectivity index (χ1n) is 4.98. The molecule has 0 amide bonds. The van der Waals surface area contributed by atoms with Crippen molar-refractivity contribution in [3.63, 3.8) is 0 Å². The Morgan fingerprint density at radius 3 is 2.57 bits per heavy atom. The van der Waals surface area contributed by atoms with Crippen LogP contribution in [0.4, 0.5) is 0 Å². The van der Waals surface area contributed by atoms with Gasteiger partial charge in [-0.15, -0.1) is 0 Å². The predicted octanol–water partition coefficient (Wildman–Crippen LogP) is 1.92. The van der Waals surface area contributed by atoms with Gasteiger partial charge in [0.05, 0.1) is 6.61 Å². The number of hydrogen-bond acceptors (Lipinski definition) is 3. The maximum Gasteiger partial charge on any atom is 0.333 e. The Labute approximate surface area is 85.1 Å². The highest BCUT2D eigenvalue weighted by Gasteiger charge is 2.35. The second-order valence-corrected chi connectivity index (χ2v) is 4.23. The lowest BCUT2D eigenvalue weighted by atomic mass is 10.0. The second kappa shape index (κ2) is 4.60. The molecule has 80 valence electrons. The van der Waals surface area contributed by atoms with Gasteiger partial charge in [0.25, 0.3) is 0 Å². The Hall–Kier alpha value is -0.830. The lowest BCUT2D eigenvalue weighted by Gasteiger charge is -2.17. The first-order valence-corrected chi connectivity index (χ1v) is 4.98. The molecular formula is C11H18O3. The molecule has 0 aromatic carbocycles. The molecule has 0 aliphatic carbocycles. The summed E-state index contributed by atoms with van der Waals surface area (Å²) in [6, 6.07) is 0. The van der Waals surface area contributed by atoms with Crippen molar-refractivity contribution in [3.05, 3.63) is 12.2 Å². The van der Waals surface area contributed by atoms with Crippen LogP contribution in [0.15, 0.2) is 12.2 Å². The highest BCUT2D eigenvalue weighted by atomic mass is 16.6. The van der Waals surface area contributed by atoms with Crippen LogP contribution < -0.4 is 0 Å². The van der Waals surface area contributed by atoms with Crippen molar-refractivity contribution in [1.29, 1.82) is 0 Å². The topological polar surface area (TPSA) is 38.8 Å². The minimum atomic E-state index is -0.314. The van der Waals surface area contributed by atoms with Crippen LogP contribution in [0.25, 0.3) is 0 Å². The molecule has 0 N–H and O–H groups in total. The molecule has 14 heavy (non-hydrogen) atoms. The number of carbonyl (C=O) groups is 1. The lowest BCUT2D eigenvalue weighted by Crippen LogP contribution is -2.25. The van der Waals surface area contributed by atoms with Gasteiger partial charge in [-0.05, 0) is 19.3 Å². The van der Waals surface area contributed by atoms with Gasteiger partial charge < -0.3 is 9.47 Å². The Kier molecular flexibility index (Phi) is 3.69. The van der Waals surface area contributed by atoms with Gasteiger partial charge in [-0.1, -0.05) is 20.4 Å². The van der Waals surface area contributed by atoms with Crippen LogP contribution in [-0.4, -0.2) is 24.8 Å². The summed E-state index contributed by atoms with van der Waals surface area (Å²) in [5.74, 6) is 0.188. The van der Waals surface area contributed by atoms with Crippen molar-refractivity contribution in [2.75, 3.05) is 6.61 Å². The zero-order valence-electron chi connectivity index (χ0n) is 9.08. The molecule has 2 unspecified atom stereocenters. The highest BCUT2D eigenvalue weighted by molar-refractivity contribution is 5.87. The van der Waals surface area contributed by atoms with E-state index in [1.165, 1.54) is 0 Å². The summed E-state index contributed by atoms with van der Waals surface area (Å²) in [7, 11) is 0. The van der Waals surface area contributed by atoms with E-state index in [2.05, 4.69) is 20.4 Å². The van der Waals surface area contributed by atoms with E-state index in [-0.39, 0.29) is 18.2 Å². The summed E-state index contributed by atoms with van der Waals surface area (Å²) in [6.07, 6.45) is 0.865. The molecule has 0 bridgehead atoms. The molecule has 0 radical (unpaired) electrons. The average molecular weight is 198 g/mol. The van der Waals surface area contributed by atoms with Crippen LogP contribution in [0.2, 0.25) is 0 Å². The summed E-state index contributed by atoms with van der Waals surface area (Å²) in [5.41, 5.74) is 0.444. The van der Waals surface area contributed by atoms with E-state index in [0.717, 1.165) is 6.42 Å². The number of ether oxygens (including phenoxy) is 2. The third-order valence-electron chi connectivity index (χ3n) is 2.08. The van der Waals surface area contributed by atoms with Crippen molar-refractivity contribution < 1.29 is 14.3 Å². The predicted molar refractivity (Wildman–Crippen MR) is 53.9 cm³/mol. The summed E-state index contributed by atoms with van der Waals surface area (Å²) < 4.78 is 10.4. The van der Waals surface area contributed by atoms with Crippen LogP contribution in [0.3, 0.4) is 0 Å². The minimum absolute atomic E-state index is 0.0980. The molecule has 3 heteroatoms. The standard InChI is InChI=1S/C11H18O3/c1-7(2)5-9(10-6-13-10)14-11(12)8(3)4/h7,9-10H,3,5-6H2,1-2,4H3. The van der Waals surface area contributed by atoms with Crippen LogP contribution in [0, 0.1) is 5.92 Å². The Balaban J connectivity index is 2.42. The number of rotatable bonds is 5. The fraction of sp³-hybridized carbons (Fsp3) is 0.727. The maximum absolute atomic E-state index is 11.3. The number of epoxide rings is 1. The summed E-state index contributed by atoms with van der Waals surface area (Å²) in [6.45, 7) is 10.1. The molecule has 1 fully saturated rings. The third kappa shape index (κ3) is 3.50. The van der Waals surface area contributed by atoms with Gasteiger partial charge >= 0.3 is 5.97 Å². The fourth-order valence-corrected chi connectivity index (χ4v) is 1.25. The molecular weight excluding hydrogens is 180 g/mol. The molecule has 1 saturated heterocycles. The highest BCUT2D eigenvalue weighted by Crippen LogP contribution is 2.23. The SMILES string of the molecule is C=C(C)C(=O)OC(CC(C)C)C1CO1.